The minimum atomic E-state index is -0.593. The van der Waals surface area contributed by atoms with E-state index in [2.05, 4.69) is 0 Å². The van der Waals surface area contributed by atoms with Crippen molar-refractivity contribution in [2.45, 2.75) is 26.4 Å². The Labute approximate surface area is 90.3 Å². The van der Waals surface area contributed by atoms with Crippen LogP contribution in [0.5, 0.6) is 5.75 Å². The fourth-order valence-corrected chi connectivity index (χ4v) is 1.49. The lowest BCUT2D eigenvalue weighted by Gasteiger charge is -2.12. The highest BCUT2D eigenvalue weighted by Crippen LogP contribution is 2.24. The Morgan fingerprint density at radius 2 is 2.13 bits per heavy atom. The van der Waals surface area contributed by atoms with E-state index in [9.17, 15) is 5.11 Å². The van der Waals surface area contributed by atoms with Crippen LogP contribution >= 0.6 is 0 Å². The first kappa shape index (κ1) is 12.0. The largest absolute Gasteiger partial charge is 0.494 e. The normalized spacial score (nSPS) is 12.5. The van der Waals surface area contributed by atoms with Gasteiger partial charge in [-0.15, -0.1) is 0 Å². The number of aliphatic hydroxyl groups is 2. The Morgan fingerprint density at radius 3 is 2.67 bits per heavy atom. The number of aryl methyl sites for hydroxylation is 1. The molecule has 0 aliphatic carbocycles. The molecule has 1 unspecified atom stereocenters. The van der Waals surface area contributed by atoms with E-state index in [4.69, 9.17) is 9.84 Å². The molecule has 1 aromatic carbocycles. The Balaban J connectivity index is 2.81. The van der Waals surface area contributed by atoms with Crippen LogP contribution in [0, 0.1) is 6.92 Å². The summed E-state index contributed by atoms with van der Waals surface area (Å²) in [6.07, 6.45) is -0.225. The van der Waals surface area contributed by atoms with Gasteiger partial charge in [-0.05, 0) is 37.1 Å². The average Bonchev–Trinajstić information content (AvgIpc) is 2.21. The first-order chi connectivity index (χ1) is 7.19. The number of ether oxygens (including phenoxy) is 1. The Bertz CT molecular complexity index is 310. The van der Waals surface area contributed by atoms with Crippen molar-refractivity contribution in [1.29, 1.82) is 0 Å². The van der Waals surface area contributed by atoms with Crippen molar-refractivity contribution < 1.29 is 14.9 Å². The molecule has 0 aliphatic heterocycles. The Morgan fingerprint density at radius 1 is 1.40 bits per heavy atom. The van der Waals surface area contributed by atoms with Gasteiger partial charge in [0.2, 0.25) is 0 Å². The highest BCUT2D eigenvalue weighted by Gasteiger charge is 2.08. The van der Waals surface area contributed by atoms with Gasteiger partial charge in [-0.2, -0.15) is 0 Å². The van der Waals surface area contributed by atoms with Crippen molar-refractivity contribution in [2.75, 3.05) is 13.2 Å². The minimum absolute atomic E-state index is 0.00652. The molecule has 0 saturated heterocycles. The summed E-state index contributed by atoms with van der Waals surface area (Å²) in [7, 11) is 0. The van der Waals surface area contributed by atoms with E-state index < -0.39 is 6.10 Å². The van der Waals surface area contributed by atoms with Crippen LogP contribution in [-0.2, 0) is 0 Å². The number of rotatable bonds is 5. The third kappa shape index (κ3) is 3.22. The smallest absolute Gasteiger partial charge is 0.122 e. The summed E-state index contributed by atoms with van der Waals surface area (Å²) in [5.41, 5.74) is 1.83. The molecule has 0 bridgehead atoms. The molecule has 0 heterocycles. The predicted octanol–water partition coefficient (Wildman–Crippen LogP) is 1.81. The van der Waals surface area contributed by atoms with Crippen molar-refractivity contribution in [3.63, 3.8) is 0 Å². The summed E-state index contributed by atoms with van der Waals surface area (Å²) in [5, 5.41) is 18.4. The molecule has 1 rings (SSSR count). The van der Waals surface area contributed by atoms with Gasteiger partial charge >= 0.3 is 0 Å². The topological polar surface area (TPSA) is 49.7 Å². The number of hydrogen-bond acceptors (Lipinski definition) is 3. The second-order valence-electron chi connectivity index (χ2n) is 3.49. The zero-order valence-corrected chi connectivity index (χ0v) is 9.23. The summed E-state index contributed by atoms with van der Waals surface area (Å²) < 4.78 is 5.40. The molecule has 0 fully saturated rings. The lowest BCUT2D eigenvalue weighted by molar-refractivity contribution is 0.134. The van der Waals surface area contributed by atoms with Crippen molar-refractivity contribution in [1.82, 2.24) is 0 Å². The van der Waals surface area contributed by atoms with Gasteiger partial charge in [0.15, 0.2) is 0 Å². The number of hydrogen-bond donors (Lipinski definition) is 2. The molecule has 1 atom stereocenters. The van der Waals surface area contributed by atoms with Crippen molar-refractivity contribution in [3.8, 4) is 5.75 Å². The van der Waals surface area contributed by atoms with Crippen molar-refractivity contribution in [3.05, 3.63) is 29.3 Å². The van der Waals surface area contributed by atoms with Crippen LogP contribution < -0.4 is 4.74 Å². The molecule has 2 N–H and O–H groups in total. The Kier molecular flexibility index (Phi) is 4.59. The predicted molar refractivity (Wildman–Crippen MR) is 59.0 cm³/mol. The Hall–Kier alpha value is -1.06. The summed E-state index contributed by atoms with van der Waals surface area (Å²) in [6, 6.07) is 5.58. The molecule has 15 heavy (non-hydrogen) atoms. The van der Waals surface area contributed by atoms with Gasteiger partial charge in [0.1, 0.15) is 5.75 Å². The molecular formula is C12H18O3. The van der Waals surface area contributed by atoms with Gasteiger partial charge in [-0.25, -0.2) is 0 Å². The molecule has 0 aliphatic rings. The number of benzene rings is 1. The first-order valence-electron chi connectivity index (χ1n) is 5.21. The van der Waals surface area contributed by atoms with Crippen LogP contribution in [0.15, 0.2) is 18.2 Å². The number of aliphatic hydroxyl groups excluding tert-OH is 2. The highest BCUT2D eigenvalue weighted by atomic mass is 16.5. The third-order valence-electron chi connectivity index (χ3n) is 2.29. The molecule has 3 heteroatoms. The van der Waals surface area contributed by atoms with Gasteiger partial charge in [-0.1, -0.05) is 6.07 Å². The summed E-state index contributed by atoms with van der Waals surface area (Å²) in [4.78, 5) is 0. The molecule has 0 radical (unpaired) electrons. The SMILES string of the molecule is CCOc1ccc(C(O)CCO)cc1C. The zero-order valence-electron chi connectivity index (χ0n) is 9.23. The fourth-order valence-electron chi connectivity index (χ4n) is 1.49. The van der Waals surface area contributed by atoms with Crippen molar-refractivity contribution >= 4 is 0 Å². The van der Waals surface area contributed by atoms with Crippen LogP contribution in [0.3, 0.4) is 0 Å². The van der Waals surface area contributed by atoms with E-state index in [0.29, 0.717) is 13.0 Å². The monoisotopic (exact) mass is 210 g/mol. The van der Waals surface area contributed by atoms with Gasteiger partial charge < -0.3 is 14.9 Å². The van der Waals surface area contributed by atoms with Crippen LogP contribution in [0.4, 0.5) is 0 Å². The fraction of sp³-hybridized carbons (Fsp3) is 0.500. The molecule has 84 valence electrons. The van der Waals surface area contributed by atoms with E-state index in [1.165, 1.54) is 0 Å². The van der Waals surface area contributed by atoms with E-state index in [-0.39, 0.29) is 6.61 Å². The van der Waals surface area contributed by atoms with Gasteiger partial charge in [-0.3, -0.25) is 0 Å². The quantitative estimate of drug-likeness (QED) is 0.779. The first-order valence-corrected chi connectivity index (χ1v) is 5.21. The van der Waals surface area contributed by atoms with Crippen LogP contribution in [-0.4, -0.2) is 23.4 Å². The zero-order chi connectivity index (χ0) is 11.3. The van der Waals surface area contributed by atoms with E-state index in [1.54, 1.807) is 0 Å². The standard InChI is InChI=1S/C12H18O3/c1-3-15-12-5-4-10(8-9(12)2)11(14)6-7-13/h4-5,8,11,13-14H,3,6-7H2,1-2H3. The molecule has 0 spiro atoms. The summed E-state index contributed by atoms with van der Waals surface area (Å²) in [5.74, 6) is 0.845. The van der Waals surface area contributed by atoms with Crippen LogP contribution in [0.1, 0.15) is 30.6 Å². The molecule has 0 saturated carbocycles. The van der Waals surface area contributed by atoms with Crippen LogP contribution in [0.25, 0.3) is 0 Å². The van der Waals surface area contributed by atoms with Gasteiger partial charge in [0.25, 0.3) is 0 Å². The molecule has 3 nitrogen and oxygen atoms in total. The maximum Gasteiger partial charge on any atom is 0.122 e. The van der Waals surface area contributed by atoms with Gasteiger partial charge in [0, 0.05) is 13.0 Å². The second-order valence-corrected chi connectivity index (χ2v) is 3.49. The third-order valence-corrected chi connectivity index (χ3v) is 2.29. The molecule has 0 aromatic heterocycles. The van der Waals surface area contributed by atoms with E-state index in [1.807, 2.05) is 32.0 Å². The van der Waals surface area contributed by atoms with Gasteiger partial charge in [0.05, 0.1) is 12.7 Å². The molecule has 0 amide bonds. The summed E-state index contributed by atoms with van der Waals surface area (Å²) in [6.45, 7) is 4.51. The van der Waals surface area contributed by atoms with Crippen LogP contribution in [0.2, 0.25) is 0 Å². The summed E-state index contributed by atoms with van der Waals surface area (Å²) >= 11 is 0. The van der Waals surface area contributed by atoms with E-state index >= 15 is 0 Å². The van der Waals surface area contributed by atoms with E-state index in [0.717, 1.165) is 16.9 Å². The van der Waals surface area contributed by atoms with Crippen molar-refractivity contribution in [2.24, 2.45) is 0 Å². The molecule has 1 aromatic rings. The average molecular weight is 210 g/mol. The lowest BCUT2D eigenvalue weighted by Crippen LogP contribution is -2.01. The lowest BCUT2D eigenvalue weighted by atomic mass is 10.0. The maximum atomic E-state index is 9.66. The molecular weight excluding hydrogens is 192 g/mol. The minimum Gasteiger partial charge on any atom is -0.494 e. The maximum absolute atomic E-state index is 9.66. The highest BCUT2D eigenvalue weighted by molar-refractivity contribution is 5.37. The second kappa shape index (κ2) is 5.73.